The van der Waals surface area contributed by atoms with Gasteiger partial charge in [-0.2, -0.15) is 0 Å². The van der Waals surface area contributed by atoms with Gasteiger partial charge in [0.25, 0.3) is 0 Å². The van der Waals surface area contributed by atoms with E-state index in [-0.39, 0.29) is 0 Å². The van der Waals surface area contributed by atoms with Crippen LogP contribution < -0.4 is 0 Å². The van der Waals surface area contributed by atoms with E-state index in [1.807, 2.05) is 17.9 Å². The third kappa shape index (κ3) is 4.24. The van der Waals surface area contributed by atoms with E-state index in [0.29, 0.717) is 0 Å². The zero-order valence-electron chi connectivity index (χ0n) is 9.04. The number of rotatable bonds is 2. The van der Waals surface area contributed by atoms with Crippen molar-refractivity contribution in [2.75, 3.05) is 0 Å². The van der Waals surface area contributed by atoms with E-state index in [4.69, 9.17) is 0 Å². The van der Waals surface area contributed by atoms with E-state index in [9.17, 15) is 0 Å². The summed E-state index contributed by atoms with van der Waals surface area (Å²) in [7, 11) is 0. The van der Waals surface area contributed by atoms with Crippen LogP contribution in [0.15, 0.2) is 11.0 Å². The molecule has 88 valence electrons. The fourth-order valence-corrected chi connectivity index (χ4v) is 3.48. The molecule has 0 unspecified atom stereocenters. The lowest BCUT2D eigenvalue weighted by molar-refractivity contribution is 1.21. The van der Waals surface area contributed by atoms with Gasteiger partial charge in [-0.1, -0.05) is 31.9 Å². The molecule has 0 N–H and O–H groups in total. The number of alkyl halides is 2. The predicted octanol–water partition coefficient (Wildman–Crippen LogP) is 4.69. The predicted molar refractivity (Wildman–Crippen MR) is 79.0 cm³/mol. The van der Waals surface area contributed by atoms with Gasteiger partial charge < -0.3 is 0 Å². The largest absolute Gasteiger partial charge is 0.250 e. The lowest BCUT2D eigenvalue weighted by atomic mass is 10.4. The normalized spacial score (nSPS) is 9.75. The first-order chi connectivity index (χ1) is 7.69. The monoisotopic (exact) mass is 382 g/mol. The topological polar surface area (TPSA) is 25.8 Å². The molecule has 0 saturated carbocycles. The standard InChI is InChI=1S/C5H5Br2NS.C5H7NS/c6-1-4-5(2-7)9-3-8-4;1-4-5(2)7-3-6-4/h3H,1-2H2;3H,1-2H3. The van der Waals surface area contributed by atoms with Crippen molar-refractivity contribution in [2.24, 2.45) is 0 Å². The fourth-order valence-electron chi connectivity index (χ4n) is 0.872. The Morgan fingerprint density at radius 2 is 1.75 bits per heavy atom. The molecule has 2 nitrogen and oxygen atoms in total. The molecule has 0 fully saturated rings. The molecule has 0 aromatic carbocycles. The smallest absolute Gasteiger partial charge is 0.0798 e. The first-order valence-corrected chi connectivity index (χ1v) is 8.59. The SMILES string of the molecule is BrCc1ncsc1CBr.Cc1ncsc1C. The lowest BCUT2D eigenvalue weighted by Crippen LogP contribution is -1.80. The number of aryl methyl sites for hydroxylation is 2. The first kappa shape index (κ1) is 14.3. The van der Waals surface area contributed by atoms with Crippen molar-refractivity contribution in [1.82, 2.24) is 9.97 Å². The molecular weight excluding hydrogens is 372 g/mol. The zero-order valence-corrected chi connectivity index (χ0v) is 13.8. The average molecular weight is 384 g/mol. The molecule has 0 aliphatic carbocycles. The summed E-state index contributed by atoms with van der Waals surface area (Å²) in [6, 6.07) is 0. The van der Waals surface area contributed by atoms with Crippen molar-refractivity contribution in [3.63, 3.8) is 0 Å². The summed E-state index contributed by atoms with van der Waals surface area (Å²) in [6.07, 6.45) is 0. The van der Waals surface area contributed by atoms with Crippen LogP contribution in [0.4, 0.5) is 0 Å². The van der Waals surface area contributed by atoms with E-state index in [1.165, 1.54) is 9.75 Å². The maximum Gasteiger partial charge on any atom is 0.0798 e. The van der Waals surface area contributed by atoms with Crippen molar-refractivity contribution in [2.45, 2.75) is 24.5 Å². The van der Waals surface area contributed by atoms with Crippen molar-refractivity contribution in [3.8, 4) is 0 Å². The Morgan fingerprint density at radius 1 is 1.06 bits per heavy atom. The summed E-state index contributed by atoms with van der Waals surface area (Å²) in [4.78, 5) is 10.8. The Hall–Kier alpha value is 0.220. The molecule has 0 atom stereocenters. The van der Waals surface area contributed by atoms with Crippen LogP contribution in [-0.4, -0.2) is 9.97 Å². The molecule has 2 rings (SSSR count). The van der Waals surface area contributed by atoms with Crippen LogP contribution in [0.1, 0.15) is 21.1 Å². The minimum atomic E-state index is 0.859. The molecule has 6 heteroatoms. The van der Waals surface area contributed by atoms with Gasteiger partial charge in [-0.05, 0) is 13.8 Å². The second-order valence-corrected chi connectivity index (χ2v) is 6.10. The summed E-state index contributed by atoms with van der Waals surface area (Å²) >= 11 is 10.1. The van der Waals surface area contributed by atoms with Crippen molar-refractivity contribution in [1.29, 1.82) is 0 Å². The fraction of sp³-hybridized carbons (Fsp3) is 0.400. The molecule has 0 saturated heterocycles. The van der Waals surface area contributed by atoms with Gasteiger partial charge in [-0.3, -0.25) is 0 Å². The van der Waals surface area contributed by atoms with Gasteiger partial charge in [0.1, 0.15) is 0 Å². The van der Waals surface area contributed by atoms with Crippen LogP contribution in [-0.2, 0) is 10.7 Å². The van der Waals surface area contributed by atoms with Crippen LogP contribution >= 0.6 is 54.5 Å². The van der Waals surface area contributed by atoms with E-state index in [1.54, 1.807) is 22.7 Å². The van der Waals surface area contributed by atoms with E-state index in [2.05, 4.69) is 48.8 Å². The van der Waals surface area contributed by atoms with Crippen LogP contribution in [0, 0.1) is 13.8 Å². The van der Waals surface area contributed by atoms with Gasteiger partial charge in [-0.15, -0.1) is 22.7 Å². The van der Waals surface area contributed by atoms with Gasteiger partial charge >= 0.3 is 0 Å². The van der Waals surface area contributed by atoms with Crippen molar-refractivity contribution >= 4 is 54.5 Å². The van der Waals surface area contributed by atoms with Crippen molar-refractivity contribution in [3.05, 3.63) is 32.2 Å². The molecule has 0 radical (unpaired) electrons. The molecule has 0 bridgehead atoms. The molecule has 0 aliphatic rings. The summed E-state index contributed by atoms with van der Waals surface area (Å²) < 4.78 is 0. The van der Waals surface area contributed by atoms with Gasteiger partial charge in [0.05, 0.1) is 22.4 Å². The van der Waals surface area contributed by atoms with E-state index < -0.39 is 0 Å². The molecule has 2 aromatic rings. The van der Waals surface area contributed by atoms with Crippen LogP contribution in [0.2, 0.25) is 0 Å². The molecular formula is C10H12Br2N2S2. The highest BCUT2D eigenvalue weighted by Gasteiger charge is 2.00. The highest BCUT2D eigenvalue weighted by Crippen LogP contribution is 2.18. The van der Waals surface area contributed by atoms with Gasteiger partial charge in [0.2, 0.25) is 0 Å². The lowest BCUT2D eigenvalue weighted by Gasteiger charge is -1.88. The van der Waals surface area contributed by atoms with Crippen molar-refractivity contribution < 1.29 is 0 Å². The number of hydrogen-bond acceptors (Lipinski definition) is 4. The Labute approximate surface area is 120 Å². The Balaban J connectivity index is 0.000000165. The number of aromatic nitrogens is 2. The molecule has 0 spiro atoms. The highest BCUT2D eigenvalue weighted by molar-refractivity contribution is 9.09. The first-order valence-electron chi connectivity index (χ1n) is 4.58. The van der Waals surface area contributed by atoms with Crippen LogP contribution in [0.25, 0.3) is 0 Å². The minimum absolute atomic E-state index is 0.859. The maximum atomic E-state index is 4.15. The molecule has 0 amide bonds. The highest BCUT2D eigenvalue weighted by atomic mass is 79.9. The number of thiazole rings is 2. The Bertz CT molecular complexity index is 391. The Kier molecular flexibility index (Phi) is 6.72. The third-order valence-electron chi connectivity index (χ3n) is 1.96. The zero-order chi connectivity index (χ0) is 12.0. The average Bonchev–Trinajstić information content (AvgIpc) is 2.89. The third-order valence-corrected chi connectivity index (χ3v) is 5.16. The van der Waals surface area contributed by atoms with E-state index >= 15 is 0 Å². The van der Waals surface area contributed by atoms with Crippen LogP contribution in [0.5, 0.6) is 0 Å². The summed E-state index contributed by atoms with van der Waals surface area (Å²) in [6.45, 7) is 4.10. The molecule has 2 aromatic heterocycles. The Morgan fingerprint density at radius 3 is 2.06 bits per heavy atom. The van der Waals surface area contributed by atoms with E-state index in [0.717, 1.165) is 22.0 Å². The number of halogens is 2. The second kappa shape index (κ2) is 7.53. The molecule has 2 heterocycles. The summed E-state index contributed by atoms with van der Waals surface area (Å²) in [5.41, 5.74) is 6.04. The molecule has 0 aliphatic heterocycles. The molecule has 16 heavy (non-hydrogen) atoms. The second-order valence-electron chi connectivity index (χ2n) is 2.98. The van der Waals surface area contributed by atoms with Gasteiger partial charge in [0.15, 0.2) is 0 Å². The maximum absolute atomic E-state index is 4.15. The summed E-state index contributed by atoms with van der Waals surface area (Å²) in [5, 5.41) is 1.77. The quantitative estimate of drug-likeness (QED) is 0.702. The van der Waals surface area contributed by atoms with Crippen LogP contribution in [0.3, 0.4) is 0 Å². The number of hydrogen-bond donors (Lipinski definition) is 0. The number of nitrogens with zero attached hydrogens (tertiary/aromatic N) is 2. The van der Waals surface area contributed by atoms with Gasteiger partial charge in [-0.25, -0.2) is 9.97 Å². The van der Waals surface area contributed by atoms with Gasteiger partial charge in [0, 0.05) is 20.4 Å². The minimum Gasteiger partial charge on any atom is -0.250 e. The summed E-state index contributed by atoms with van der Waals surface area (Å²) in [5.74, 6) is 0.